The first-order chi connectivity index (χ1) is 8.23. The van der Waals surface area contributed by atoms with E-state index in [2.05, 4.69) is 16.5 Å². The molecule has 1 heterocycles. The van der Waals surface area contributed by atoms with E-state index in [1.165, 1.54) is 25.7 Å². The maximum absolute atomic E-state index is 5.97. The molecule has 0 aromatic carbocycles. The first-order valence-corrected chi connectivity index (χ1v) is 8.61. The lowest BCUT2D eigenvalue weighted by Gasteiger charge is -2.45. The Hall–Kier alpha value is 0.0569. The van der Waals surface area contributed by atoms with Crippen LogP contribution in [-0.2, 0) is 8.85 Å². The quantitative estimate of drug-likeness (QED) is 0.712. The Balaban J connectivity index is 2.09. The molecule has 0 aromatic heterocycles. The van der Waals surface area contributed by atoms with Crippen molar-refractivity contribution in [3.05, 3.63) is 0 Å². The summed E-state index contributed by atoms with van der Waals surface area (Å²) >= 11 is 0. The molecule has 0 atom stereocenters. The van der Waals surface area contributed by atoms with Crippen LogP contribution >= 0.6 is 0 Å². The number of rotatable bonds is 4. The van der Waals surface area contributed by atoms with E-state index in [1.807, 2.05) is 14.2 Å². The monoisotopic (exact) mass is 258 g/mol. The van der Waals surface area contributed by atoms with Crippen LogP contribution in [0, 0.1) is 0 Å². The average Bonchev–Trinajstić information content (AvgIpc) is 2.88. The highest BCUT2D eigenvalue weighted by atomic mass is 28.4. The van der Waals surface area contributed by atoms with Crippen molar-refractivity contribution in [2.45, 2.75) is 31.2 Å². The normalized spacial score (nSPS) is 25.6. The zero-order chi connectivity index (χ0) is 12.3. The highest BCUT2D eigenvalue weighted by Crippen LogP contribution is 2.41. The van der Waals surface area contributed by atoms with Gasteiger partial charge in [-0.3, -0.25) is 4.57 Å². The second-order valence-corrected chi connectivity index (χ2v) is 8.84. The van der Waals surface area contributed by atoms with Crippen LogP contribution in [0.2, 0.25) is 5.54 Å². The molecular weight excluding hydrogens is 232 g/mol. The molecule has 5 heteroatoms. The van der Waals surface area contributed by atoms with E-state index in [-0.39, 0.29) is 0 Å². The Morgan fingerprint density at radius 3 is 1.94 bits per heavy atom. The van der Waals surface area contributed by atoms with Crippen molar-refractivity contribution in [3.8, 4) is 0 Å². The maximum Gasteiger partial charge on any atom is 0.430 e. The van der Waals surface area contributed by atoms with Crippen LogP contribution in [0.5, 0.6) is 0 Å². The van der Waals surface area contributed by atoms with E-state index in [9.17, 15) is 0 Å². The van der Waals surface area contributed by atoms with Gasteiger partial charge in [-0.1, -0.05) is 12.8 Å². The molecule has 2 aliphatic rings. The third kappa shape index (κ3) is 2.58. The van der Waals surface area contributed by atoms with Gasteiger partial charge in [0.25, 0.3) is 0 Å². The molecule has 1 saturated heterocycles. The molecule has 0 unspecified atom stereocenters. The van der Waals surface area contributed by atoms with Gasteiger partial charge in [0, 0.05) is 45.9 Å². The first-order valence-electron chi connectivity index (χ1n) is 6.77. The topological polar surface area (TPSA) is 24.9 Å². The highest BCUT2D eigenvalue weighted by molar-refractivity contribution is 6.66. The summed E-state index contributed by atoms with van der Waals surface area (Å²) in [7, 11) is 3.76. The summed E-state index contributed by atoms with van der Waals surface area (Å²) in [5.41, 5.74) is 0.668. The standard InChI is InChI=1S/C12H26N2O2Si/c1-13-8-10-14(11-9-13)17(15-2,16-3)12-6-4-5-7-12/h12H,4-11H2,1-3H3. The minimum atomic E-state index is -2.13. The number of piperazine rings is 1. The molecule has 0 radical (unpaired) electrons. The van der Waals surface area contributed by atoms with E-state index < -0.39 is 8.72 Å². The van der Waals surface area contributed by atoms with Gasteiger partial charge in [0.15, 0.2) is 0 Å². The lowest BCUT2D eigenvalue weighted by Crippen LogP contribution is -2.64. The molecule has 4 nitrogen and oxygen atoms in total. The molecule has 0 aromatic rings. The van der Waals surface area contributed by atoms with Crippen LogP contribution in [-0.4, -0.2) is 65.6 Å². The van der Waals surface area contributed by atoms with Crippen LogP contribution in [0.3, 0.4) is 0 Å². The third-order valence-corrected chi connectivity index (χ3v) is 8.51. The molecule has 2 fully saturated rings. The van der Waals surface area contributed by atoms with E-state index >= 15 is 0 Å². The van der Waals surface area contributed by atoms with Crippen LogP contribution in [0.1, 0.15) is 25.7 Å². The molecule has 0 amide bonds. The summed E-state index contributed by atoms with van der Waals surface area (Å²) in [5.74, 6) is 0. The fourth-order valence-corrected chi connectivity index (χ4v) is 7.17. The van der Waals surface area contributed by atoms with Crippen LogP contribution < -0.4 is 0 Å². The van der Waals surface area contributed by atoms with E-state index in [1.54, 1.807) is 0 Å². The summed E-state index contributed by atoms with van der Waals surface area (Å²) in [5, 5.41) is 0. The summed E-state index contributed by atoms with van der Waals surface area (Å²) in [6.07, 6.45) is 5.28. The average molecular weight is 258 g/mol. The SMILES string of the molecule is CO[Si](OC)(C1CCCC1)N1CCN(C)CC1. The molecule has 0 spiro atoms. The van der Waals surface area contributed by atoms with Gasteiger partial charge < -0.3 is 13.8 Å². The van der Waals surface area contributed by atoms with Gasteiger partial charge in [0.05, 0.1) is 0 Å². The van der Waals surface area contributed by atoms with E-state index in [0.717, 1.165) is 26.2 Å². The van der Waals surface area contributed by atoms with Crippen molar-refractivity contribution in [1.29, 1.82) is 0 Å². The Morgan fingerprint density at radius 1 is 0.941 bits per heavy atom. The molecule has 1 saturated carbocycles. The van der Waals surface area contributed by atoms with Gasteiger partial charge in [-0.05, 0) is 19.9 Å². The van der Waals surface area contributed by atoms with Crippen molar-refractivity contribution in [2.24, 2.45) is 0 Å². The van der Waals surface area contributed by atoms with Gasteiger partial charge in [-0.2, -0.15) is 0 Å². The molecule has 0 bridgehead atoms. The van der Waals surface area contributed by atoms with E-state index in [0.29, 0.717) is 5.54 Å². The molecule has 100 valence electrons. The zero-order valence-electron chi connectivity index (χ0n) is 11.4. The van der Waals surface area contributed by atoms with Crippen LogP contribution in [0.15, 0.2) is 0 Å². The number of likely N-dealkylation sites (N-methyl/N-ethyl adjacent to an activating group) is 1. The lowest BCUT2D eigenvalue weighted by atomic mass is 10.4. The predicted molar refractivity (Wildman–Crippen MR) is 71.1 cm³/mol. The van der Waals surface area contributed by atoms with E-state index in [4.69, 9.17) is 8.85 Å². The Kier molecular flexibility index (Phi) is 4.60. The predicted octanol–water partition coefficient (Wildman–Crippen LogP) is 1.41. The second-order valence-electron chi connectivity index (χ2n) is 5.31. The molecule has 1 aliphatic carbocycles. The highest BCUT2D eigenvalue weighted by Gasteiger charge is 2.51. The Bertz CT molecular complexity index is 235. The van der Waals surface area contributed by atoms with Crippen molar-refractivity contribution in [3.63, 3.8) is 0 Å². The van der Waals surface area contributed by atoms with Gasteiger partial charge >= 0.3 is 8.72 Å². The summed E-state index contributed by atoms with van der Waals surface area (Å²) in [4.78, 5) is 2.38. The lowest BCUT2D eigenvalue weighted by molar-refractivity contribution is 0.113. The summed E-state index contributed by atoms with van der Waals surface area (Å²) < 4.78 is 14.5. The van der Waals surface area contributed by atoms with Crippen molar-refractivity contribution in [2.75, 3.05) is 47.4 Å². The fraction of sp³-hybridized carbons (Fsp3) is 1.00. The van der Waals surface area contributed by atoms with Crippen LogP contribution in [0.25, 0.3) is 0 Å². The van der Waals surface area contributed by atoms with Gasteiger partial charge in [0.2, 0.25) is 0 Å². The maximum atomic E-state index is 5.97. The summed E-state index contributed by atoms with van der Waals surface area (Å²) in [6.45, 7) is 4.46. The van der Waals surface area contributed by atoms with Gasteiger partial charge in [-0.25, -0.2) is 0 Å². The Labute approximate surface area is 106 Å². The zero-order valence-corrected chi connectivity index (χ0v) is 12.4. The number of hydrogen-bond donors (Lipinski definition) is 0. The molecule has 0 N–H and O–H groups in total. The number of nitrogens with zero attached hydrogens (tertiary/aromatic N) is 2. The summed E-state index contributed by atoms with van der Waals surface area (Å²) in [6, 6.07) is 0. The minimum Gasteiger partial charge on any atom is -0.386 e. The minimum absolute atomic E-state index is 0.668. The first kappa shape index (κ1) is 13.5. The third-order valence-electron chi connectivity index (χ3n) is 4.40. The largest absolute Gasteiger partial charge is 0.430 e. The molecule has 2 rings (SSSR count). The second kappa shape index (κ2) is 5.80. The van der Waals surface area contributed by atoms with Crippen molar-refractivity contribution in [1.82, 2.24) is 9.47 Å². The Morgan fingerprint density at radius 2 is 1.47 bits per heavy atom. The number of hydrogen-bond acceptors (Lipinski definition) is 4. The molecular formula is C12H26N2O2Si. The fourth-order valence-electron chi connectivity index (χ4n) is 3.34. The van der Waals surface area contributed by atoms with Crippen molar-refractivity contribution >= 4 is 8.72 Å². The molecule has 17 heavy (non-hydrogen) atoms. The van der Waals surface area contributed by atoms with Crippen molar-refractivity contribution < 1.29 is 8.85 Å². The van der Waals surface area contributed by atoms with Gasteiger partial charge in [-0.15, -0.1) is 0 Å². The molecule has 1 aliphatic heterocycles. The smallest absolute Gasteiger partial charge is 0.386 e. The van der Waals surface area contributed by atoms with Gasteiger partial charge in [0.1, 0.15) is 0 Å². The van der Waals surface area contributed by atoms with Crippen LogP contribution in [0.4, 0.5) is 0 Å².